The van der Waals surface area contributed by atoms with Gasteiger partial charge in [-0.1, -0.05) is 24.3 Å². The lowest BCUT2D eigenvalue weighted by Gasteiger charge is -2.16. The molecule has 0 bridgehead atoms. The van der Waals surface area contributed by atoms with E-state index in [1.807, 2.05) is 56.7 Å². The number of nitrogens with one attached hydrogen (secondary N) is 1. The van der Waals surface area contributed by atoms with Crippen molar-refractivity contribution in [2.75, 3.05) is 14.1 Å². The second kappa shape index (κ2) is 5.11. The Kier molecular flexibility index (Phi) is 3.55. The summed E-state index contributed by atoms with van der Waals surface area (Å²) in [5.74, 6) is 0.185. The molecule has 17 heavy (non-hydrogen) atoms. The Balaban J connectivity index is 2.23. The normalized spacial score (nSPS) is 18.1. The number of hydrogen-bond acceptors (Lipinski definition) is 1. The quantitative estimate of drug-likeness (QED) is 0.759. The summed E-state index contributed by atoms with van der Waals surface area (Å²) in [6.45, 7) is 0. The smallest absolute Gasteiger partial charge is 0.189 e. The van der Waals surface area contributed by atoms with Crippen molar-refractivity contribution in [1.29, 1.82) is 0 Å². The Labute approximate surface area is 102 Å². The fraction of sp³-hybridized carbons (Fsp3) is 0.267. The van der Waals surface area contributed by atoms with E-state index in [-0.39, 0.29) is 5.78 Å². The van der Waals surface area contributed by atoms with Gasteiger partial charge < -0.3 is 4.90 Å². The third-order valence-electron chi connectivity index (χ3n) is 2.94. The molecule has 0 fully saturated rings. The maximum atomic E-state index is 12.2. The number of hydrogen-bond donors (Lipinski definition) is 1. The lowest BCUT2D eigenvalue weighted by atomic mass is 9.87. The van der Waals surface area contributed by atoms with Crippen LogP contribution in [0.3, 0.4) is 0 Å². The molecule has 0 atom stereocenters. The van der Waals surface area contributed by atoms with Gasteiger partial charge in [-0.05, 0) is 30.6 Å². The number of Topliss-reactive ketones (excluding diaryl/α,β-unsaturated/α-hetero) is 1. The van der Waals surface area contributed by atoms with Crippen molar-refractivity contribution >= 4 is 5.78 Å². The molecule has 1 aliphatic rings. The molecule has 0 unspecified atom stereocenters. The van der Waals surface area contributed by atoms with Crippen LogP contribution in [0.25, 0.3) is 0 Å². The first-order valence-electron chi connectivity index (χ1n) is 5.98. The van der Waals surface area contributed by atoms with Gasteiger partial charge in [0.05, 0.1) is 20.3 Å². The van der Waals surface area contributed by atoms with Crippen LogP contribution in [-0.2, 0) is 6.42 Å². The molecule has 0 heterocycles. The van der Waals surface area contributed by atoms with Crippen molar-refractivity contribution in [1.82, 2.24) is 0 Å². The lowest BCUT2D eigenvalue weighted by Crippen LogP contribution is -3.00. The molecule has 0 saturated carbocycles. The van der Waals surface area contributed by atoms with Gasteiger partial charge in [-0.3, -0.25) is 4.79 Å². The van der Waals surface area contributed by atoms with Crippen LogP contribution >= 0.6 is 0 Å². The predicted octanol–water partition coefficient (Wildman–Crippen LogP) is 1.40. The van der Waals surface area contributed by atoms with Gasteiger partial charge in [-0.2, -0.15) is 0 Å². The Morgan fingerprint density at radius 3 is 2.71 bits per heavy atom. The van der Waals surface area contributed by atoms with E-state index in [4.69, 9.17) is 0 Å². The van der Waals surface area contributed by atoms with Crippen molar-refractivity contribution in [2.45, 2.75) is 12.8 Å². The van der Waals surface area contributed by atoms with Crippen LogP contribution in [0.15, 0.2) is 48.2 Å². The summed E-state index contributed by atoms with van der Waals surface area (Å²) in [7, 11) is 4.10. The Morgan fingerprint density at radius 1 is 1.18 bits per heavy atom. The van der Waals surface area contributed by atoms with Crippen LogP contribution in [0.1, 0.15) is 22.3 Å². The van der Waals surface area contributed by atoms with E-state index in [1.165, 1.54) is 10.5 Å². The van der Waals surface area contributed by atoms with E-state index in [9.17, 15) is 4.79 Å². The molecule has 1 aromatic rings. The summed E-state index contributed by atoms with van der Waals surface area (Å²) in [6.07, 6.45) is 7.77. The van der Waals surface area contributed by atoms with Gasteiger partial charge in [-0.25, -0.2) is 0 Å². The molecule has 0 radical (unpaired) electrons. The average Bonchev–Trinajstić information content (AvgIpc) is 2.32. The third-order valence-corrected chi connectivity index (χ3v) is 2.94. The monoisotopic (exact) mass is 228 g/mol. The average molecular weight is 228 g/mol. The summed E-state index contributed by atoms with van der Waals surface area (Å²) in [5.41, 5.74) is 2.97. The minimum absolute atomic E-state index is 0.185. The van der Waals surface area contributed by atoms with Crippen molar-refractivity contribution < 1.29 is 9.69 Å². The molecule has 0 saturated heterocycles. The lowest BCUT2D eigenvalue weighted by molar-refractivity contribution is -0.801. The number of carbonyl (C=O) groups excluding carboxylic acids is 1. The van der Waals surface area contributed by atoms with Crippen LogP contribution in [0.4, 0.5) is 0 Å². The second-order valence-electron chi connectivity index (χ2n) is 4.61. The molecule has 2 rings (SSSR count). The molecule has 0 aliphatic heterocycles. The maximum absolute atomic E-state index is 12.2. The first-order chi connectivity index (χ1) is 8.18. The SMILES string of the molecule is C[NH+](C)/C=C/C=C1\CCc2ccccc2C1=O. The van der Waals surface area contributed by atoms with Gasteiger partial charge in [0.15, 0.2) is 5.78 Å². The number of carbonyl (C=O) groups is 1. The van der Waals surface area contributed by atoms with Crippen LogP contribution in [-0.4, -0.2) is 19.9 Å². The van der Waals surface area contributed by atoms with Crippen molar-refractivity contribution in [3.8, 4) is 0 Å². The van der Waals surface area contributed by atoms with Gasteiger partial charge in [0.2, 0.25) is 0 Å². The maximum Gasteiger partial charge on any atom is 0.189 e. The van der Waals surface area contributed by atoms with E-state index in [0.717, 1.165) is 24.0 Å². The molecule has 1 N–H and O–H groups in total. The van der Waals surface area contributed by atoms with Crippen molar-refractivity contribution in [2.24, 2.45) is 0 Å². The molecular weight excluding hydrogens is 210 g/mol. The first-order valence-corrected chi connectivity index (χ1v) is 5.98. The van der Waals surface area contributed by atoms with Crippen LogP contribution in [0.2, 0.25) is 0 Å². The number of allylic oxidation sites excluding steroid dienone is 3. The molecule has 2 heteroatoms. The zero-order valence-electron chi connectivity index (χ0n) is 10.4. The van der Waals surface area contributed by atoms with Crippen molar-refractivity contribution in [3.63, 3.8) is 0 Å². The Hall–Kier alpha value is -1.67. The third kappa shape index (κ3) is 2.71. The fourth-order valence-corrected chi connectivity index (χ4v) is 2.03. The van der Waals surface area contributed by atoms with Gasteiger partial charge in [0, 0.05) is 11.1 Å². The number of ketones is 1. The minimum Gasteiger partial charge on any atom is -0.314 e. The molecule has 1 aromatic carbocycles. The van der Waals surface area contributed by atoms with E-state index in [2.05, 4.69) is 0 Å². The highest BCUT2D eigenvalue weighted by atomic mass is 16.1. The Bertz CT molecular complexity index is 483. The largest absolute Gasteiger partial charge is 0.314 e. The summed E-state index contributed by atoms with van der Waals surface area (Å²) >= 11 is 0. The number of rotatable bonds is 2. The van der Waals surface area contributed by atoms with E-state index in [1.54, 1.807) is 0 Å². The van der Waals surface area contributed by atoms with Gasteiger partial charge in [0.1, 0.15) is 0 Å². The summed E-state index contributed by atoms with van der Waals surface area (Å²) in [6, 6.07) is 7.89. The van der Waals surface area contributed by atoms with Gasteiger partial charge in [0.25, 0.3) is 0 Å². The molecule has 88 valence electrons. The zero-order valence-corrected chi connectivity index (χ0v) is 10.4. The molecular formula is C15H18NO+. The summed E-state index contributed by atoms with van der Waals surface area (Å²) in [4.78, 5) is 13.4. The van der Waals surface area contributed by atoms with Crippen LogP contribution < -0.4 is 4.90 Å². The number of quaternary nitrogens is 1. The van der Waals surface area contributed by atoms with Gasteiger partial charge >= 0.3 is 0 Å². The highest BCUT2D eigenvalue weighted by Gasteiger charge is 2.20. The first kappa shape index (κ1) is 11.8. The number of benzene rings is 1. The van der Waals surface area contributed by atoms with Gasteiger partial charge in [-0.15, -0.1) is 0 Å². The zero-order chi connectivity index (χ0) is 12.3. The van der Waals surface area contributed by atoms with E-state index >= 15 is 0 Å². The highest BCUT2D eigenvalue weighted by Crippen LogP contribution is 2.24. The standard InChI is InChI=1S/C15H17NO/c1-16(2)11-5-7-13-10-9-12-6-3-4-8-14(12)15(13)17/h3-8,11H,9-10H2,1-2H3/p+1/b11-5+,13-7+. The van der Waals surface area contributed by atoms with Crippen molar-refractivity contribution in [3.05, 3.63) is 59.3 Å². The van der Waals surface area contributed by atoms with Crippen LogP contribution in [0, 0.1) is 0 Å². The fourth-order valence-electron chi connectivity index (χ4n) is 2.03. The topological polar surface area (TPSA) is 21.5 Å². The molecule has 2 nitrogen and oxygen atoms in total. The number of aryl methyl sites for hydroxylation is 1. The molecule has 0 amide bonds. The Morgan fingerprint density at radius 2 is 1.94 bits per heavy atom. The summed E-state index contributed by atoms with van der Waals surface area (Å²) in [5, 5.41) is 0. The minimum atomic E-state index is 0.185. The molecule has 0 spiro atoms. The van der Waals surface area contributed by atoms with E-state index < -0.39 is 0 Å². The number of fused-ring (bicyclic) bond motifs is 1. The second-order valence-corrected chi connectivity index (χ2v) is 4.61. The molecule has 1 aliphatic carbocycles. The van der Waals surface area contributed by atoms with E-state index in [0.29, 0.717) is 0 Å². The highest BCUT2D eigenvalue weighted by molar-refractivity contribution is 6.10. The summed E-state index contributed by atoms with van der Waals surface area (Å²) < 4.78 is 0. The predicted molar refractivity (Wildman–Crippen MR) is 69.1 cm³/mol. The molecule has 0 aromatic heterocycles. The van der Waals surface area contributed by atoms with Crippen LogP contribution in [0.5, 0.6) is 0 Å².